The monoisotopic (exact) mass is 344 g/mol. The van der Waals surface area contributed by atoms with Gasteiger partial charge in [0.2, 0.25) is 11.8 Å². The van der Waals surface area contributed by atoms with Crippen molar-refractivity contribution in [1.29, 1.82) is 0 Å². The van der Waals surface area contributed by atoms with Crippen LogP contribution in [0, 0.1) is 5.41 Å². The maximum absolute atomic E-state index is 12.9. The second kappa shape index (κ2) is 7.56. The van der Waals surface area contributed by atoms with Crippen LogP contribution in [0.25, 0.3) is 0 Å². The number of hydrogen-bond acceptors (Lipinski definition) is 3. The van der Waals surface area contributed by atoms with Gasteiger partial charge in [-0.2, -0.15) is 0 Å². The van der Waals surface area contributed by atoms with Gasteiger partial charge in [-0.25, -0.2) is 0 Å². The molecule has 2 aliphatic rings. The van der Waals surface area contributed by atoms with Gasteiger partial charge in [0.05, 0.1) is 5.92 Å². The molecule has 5 heteroatoms. The normalized spacial score (nSPS) is 23.1. The SMILES string of the molecule is CCN1CC2(CCN(C(=O)COC)CC2)C[C@H](c2ccccc2)C1=O. The van der Waals surface area contributed by atoms with Crippen molar-refractivity contribution in [3.05, 3.63) is 35.9 Å². The van der Waals surface area contributed by atoms with Crippen molar-refractivity contribution in [3.8, 4) is 0 Å². The Bertz CT molecular complexity index is 609. The topological polar surface area (TPSA) is 49.9 Å². The van der Waals surface area contributed by atoms with Crippen LogP contribution in [-0.4, -0.2) is 61.5 Å². The van der Waals surface area contributed by atoms with Crippen molar-refractivity contribution in [2.24, 2.45) is 5.41 Å². The van der Waals surface area contributed by atoms with Gasteiger partial charge < -0.3 is 14.5 Å². The predicted octanol–water partition coefficient (Wildman–Crippen LogP) is 2.28. The number of rotatable bonds is 4. The zero-order chi connectivity index (χ0) is 17.9. The number of carbonyl (C=O) groups excluding carboxylic acids is 2. The van der Waals surface area contributed by atoms with E-state index in [1.807, 2.05) is 28.0 Å². The Morgan fingerprint density at radius 2 is 1.92 bits per heavy atom. The molecule has 0 aliphatic carbocycles. The van der Waals surface area contributed by atoms with Crippen molar-refractivity contribution in [3.63, 3.8) is 0 Å². The van der Waals surface area contributed by atoms with Gasteiger partial charge in [0.15, 0.2) is 0 Å². The number of nitrogens with zero attached hydrogens (tertiary/aromatic N) is 2. The molecule has 136 valence electrons. The number of hydrogen-bond donors (Lipinski definition) is 0. The van der Waals surface area contributed by atoms with Crippen LogP contribution in [0.4, 0.5) is 0 Å². The molecular formula is C20H28N2O3. The molecule has 1 spiro atoms. The molecule has 2 heterocycles. The maximum atomic E-state index is 12.9. The number of methoxy groups -OCH3 is 1. The molecule has 3 rings (SSSR count). The molecule has 5 nitrogen and oxygen atoms in total. The Morgan fingerprint density at radius 3 is 2.52 bits per heavy atom. The summed E-state index contributed by atoms with van der Waals surface area (Å²) in [5.74, 6) is 0.254. The molecule has 1 atom stereocenters. The van der Waals surface area contributed by atoms with Crippen LogP contribution in [0.15, 0.2) is 30.3 Å². The molecule has 2 fully saturated rings. The van der Waals surface area contributed by atoms with E-state index in [1.54, 1.807) is 7.11 Å². The van der Waals surface area contributed by atoms with Crippen LogP contribution in [0.2, 0.25) is 0 Å². The molecule has 2 saturated heterocycles. The number of ether oxygens (including phenoxy) is 1. The fraction of sp³-hybridized carbons (Fsp3) is 0.600. The Hall–Kier alpha value is -1.88. The smallest absolute Gasteiger partial charge is 0.248 e. The first kappa shape index (κ1) is 17.9. The van der Waals surface area contributed by atoms with E-state index in [1.165, 1.54) is 0 Å². The van der Waals surface area contributed by atoms with Gasteiger partial charge in [-0.15, -0.1) is 0 Å². The number of likely N-dealkylation sites (tertiary alicyclic amines) is 2. The number of amides is 2. The maximum Gasteiger partial charge on any atom is 0.248 e. The highest BCUT2D eigenvalue weighted by Gasteiger charge is 2.46. The van der Waals surface area contributed by atoms with Gasteiger partial charge in [0, 0.05) is 33.3 Å². The highest BCUT2D eigenvalue weighted by atomic mass is 16.5. The van der Waals surface area contributed by atoms with Crippen LogP contribution < -0.4 is 0 Å². The molecule has 25 heavy (non-hydrogen) atoms. The van der Waals surface area contributed by atoms with Crippen molar-refractivity contribution < 1.29 is 14.3 Å². The summed E-state index contributed by atoms with van der Waals surface area (Å²) in [7, 11) is 1.56. The number of benzene rings is 1. The first-order valence-corrected chi connectivity index (χ1v) is 9.19. The molecule has 0 unspecified atom stereocenters. The molecule has 0 bridgehead atoms. The fourth-order valence-electron chi connectivity index (χ4n) is 4.31. The summed E-state index contributed by atoms with van der Waals surface area (Å²) in [4.78, 5) is 28.9. The third-order valence-corrected chi connectivity index (χ3v) is 5.80. The highest BCUT2D eigenvalue weighted by molar-refractivity contribution is 5.85. The highest BCUT2D eigenvalue weighted by Crippen LogP contribution is 2.45. The van der Waals surface area contributed by atoms with E-state index in [4.69, 9.17) is 4.74 Å². The number of likely N-dealkylation sites (N-methyl/N-ethyl adjacent to an activating group) is 1. The average molecular weight is 344 g/mol. The lowest BCUT2D eigenvalue weighted by atomic mass is 9.67. The molecule has 1 aromatic rings. The van der Waals surface area contributed by atoms with Crippen LogP contribution in [0.3, 0.4) is 0 Å². The zero-order valence-electron chi connectivity index (χ0n) is 15.2. The first-order chi connectivity index (χ1) is 12.1. The Labute approximate surface area is 149 Å². The largest absolute Gasteiger partial charge is 0.375 e. The minimum absolute atomic E-state index is 0.0591. The van der Waals surface area contributed by atoms with Crippen LogP contribution in [0.1, 0.15) is 37.7 Å². The van der Waals surface area contributed by atoms with Crippen molar-refractivity contribution in [2.45, 2.75) is 32.1 Å². The van der Waals surface area contributed by atoms with Crippen molar-refractivity contribution >= 4 is 11.8 Å². The predicted molar refractivity (Wildman–Crippen MR) is 96.2 cm³/mol. The minimum Gasteiger partial charge on any atom is -0.375 e. The van der Waals surface area contributed by atoms with Gasteiger partial charge in [-0.3, -0.25) is 9.59 Å². The molecule has 0 N–H and O–H groups in total. The van der Waals surface area contributed by atoms with Gasteiger partial charge in [-0.05, 0) is 37.2 Å². The summed E-state index contributed by atoms with van der Waals surface area (Å²) >= 11 is 0. The van der Waals surface area contributed by atoms with Crippen LogP contribution in [-0.2, 0) is 14.3 Å². The van der Waals surface area contributed by atoms with Gasteiger partial charge >= 0.3 is 0 Å². The summed E-state index contributed by atoms with van der Waals surface area (Å²) in [6, 6.07) is 10.1. The van der Waals surface area contributed by atoms with Crippen molar-refractivity contribution in [2.75, 3.05) is 39.9 Å². The van der Waals surface area contributed by atoms with E-state index in [0.717, 1.165) is 51.0 Å². The second-order valence-corrected chi connectivity index (χ2v) is 7.33. The minimum atomic E-state index is -0.0591. The van der Waals surface area contributed by atoms with Gasteiger partial charge in [0.1, 0.15) is 6.61 Å². The molecule has 2 amide bonds. The lowest BCUT2D eigenvalue weighted by Crippen LogP contribution is -2.54. The third-order valence-electron chi connectivity index (χ3n) is 5.80. The molecule has 0 saturated carbocycles. The lowest BCUT2D eigenvalue weighted by molar-refractivity contribution is -0.145. The van der Waals surface area contributed by atoms with E-state index >= 15 is 0 Å². The Kier molecular flexibility index (Phi) is 5.42. The van der Waals surface area contributed by atoms with Crippen LogP contribution >= 0.6 is 0 Å². The number of piperidine rings is 2. The fourth-order valence-corrected chi connectivity index (χ4v) is 4.31. The molecule has 0 radical (unpaired) electrons. The number of carbonyl (C=O) groups is 2. The van der Waals surface area contributed by atoms with E-state index in [0.29, 0.717) is 0 Å². The summed E-state index contributed by atoms with van der Waals surface area (Å²) in [6.07, 6.45) is 2.80. The van der Waals surface area contributed by atoms with Crippen molar-refractivity contribution in [1.82, 2.24) is 9.80 Å². The van der Waals surface area contributed by atoms with Crippen LogP contribution in [0.5, 0.6) is 0 Å². The van der Waals surface area contributed by atoms with E-state index in [2.05, 4.69) is 19.1 Å². The summed E-state index contributed by atoms with van der Waals surface area (Å²) < 4.78 is 4.97. The van der Waals surface area contributed by atoms with E-state index < -0.39 is 0 Å². The van der Waals surface area contributed by atoms with E-state index in [-0.39, 0.29) is 29.8 Å². The standard InChI is InChI=1S/C20H28N2O3/c1-3-21-15-20(9-11-22(12-10-20)18(23)14-25-2)13-17(19(21)24)16-7-5-4-6-8-16/h4-8,17H,3,9-15H2,1-2H3/t17-/m1/s1. The van der Waals surface area contributed by atoms with Gasteiger partial charge in [0.25, 0.3) is 0 Å². The average Bonchev–Trinajstić information content (AvgIpc) is 2.65. The zero-order valence-corrected chi connectivity index (χ0v) is 15.2. The van der Waals surface area contributed by atoms with E-state index in [9.17, 15) is 9.59 Å². The second-order valence-electron chi connectivity index (χ2n) is 7.33. The molecular weight excluding hydrogens is 316 g/mol. The lowest BCUT2D eigenvalue weighted by Gasteiger charge is -2.49. The first-order valence-electron chi connectivity index (χ1n) is 9.19. The summed E-state index contributed by atoms with van der Waals surface area (Å²) in [5, 5.41) is 0. The summed E-state index contributed by atoms with van der Waals surface area (Å²) in [6.45, 7) is 5.29. The molecule has 1 aromatic carbocycles. The quantitative estimate of drug-likeness (QED) is 0.842. The Morgan fingerprint density at radius 1 is 1.24 bits per heavy atom. The Balaban J connectivity index is 1.76. The molecule has 0 aromatic heterocycles. The summed E-state index contributed by atoms with van der Waals surface area (Å²) in [5.41, 5.74) is 1.23. The molecule has 2 aliphatic heterocycles. The van der Waals surface area contributed by atoms with Gasteiger partial charge in [-0.1, -0.05) is 30.3 Å². The third kappa shape index (κ3) is 3.71.